The van der Waals surface area contributed by atoms with E-state index in [0.717, 1.165) is 24.4 Å². The minimum Gasteiger partial charge on any atom is -0.370 e. The molecule has 1 unspecified atom stereocenters. The molecule has 0 spiro atoms. The number of aromatic nitrogens is 2. The van der Waals surface area contributed by atoms with Crippen LogP contribution in [0.4, 0.5) is 0 Å². The fourth-order valence-corrected chi connectivity index (χ4v) is 1.93. The SMILES string of the molecule is CCCNC(C)(CC(N)=O)c1nccnc1C. The Morgan fingerprint density at radius 3 is 2.65 bits per heavy atom. The normalized spacial score (nSPS) is 14.3. The van der Waals surface area contributed by atoms with Gasteiger partial charge >= 0.3 is 0 Å². The number of carbonyl (C=O) groups excluding carboxylic acids is 1. The van der Waals surface area contributed by atoms with Gasteiger partial charge in [0.25, 0.3) is 0 Å². The van der Waals surface area contributed by atoms with E-state index in [1.807, 2.05) is 13.8 Å². The smallest absolute Gasteiger partial charge is 0.219 e. The van der Waals surface area contributed by atoms with Crippen molar-refractivity contribution in [3.05, 3.63) is 23.8 Å². The first kappa shape index (κ1) is 13.6. The monoisotopic (exact) mass is 236 g/mol. The third-order valence-corrected chi connectivity index (χ3v) is 2.70. The molecule has 1 aromatic rings. The molecule has 94 valence electrons. The summed E-state index contributed by atoms with van der Waals surface area (Å²) in [5.41, 5.74) is 6.37. The number of nitrogens with one attached hydrogen (secondary N) is 1. The summed E-state index contributed by atoms with van der Waals surface area (Å²) in [7, 11) is 0. The number of carbonyl (C=O) groups is 1. The van der Waals surface area contributed by atoms with Crippen molar-refractivity contribution < 1.29 is 4.79 Å². The quantitative estimate of drug-likeness (QED) is 0.768. The number of rotatable bonds is 6. The average molecular weight is 236 g/mol. The predicted octanol–water partition coefficient (Wildman–Crippen LogP) is 0.875. The maximum atomic E-state index is 11.2. The third kappa shape index (κ3) is 3.49. The Bertz CT molecular complexity index is 394. The molecule has 1 aromatic heterocycles. The van der Waals surface area contributed by atoms with E-state index < -0.39 is 5.54 Å². The molecular weight excluding hydrogens is 216 g/mol. The van der Waals surface area contributed by atoms with Gasteiger partial charge in [0.2, 0.25) is 5.91 Å². The van der Waals surface area contributed by atoms with Gasteiger partial charge in [-0.2, -0.15) is 0 Å². The van der Waals surface area contributed by atoms with Gasteiger partial charge in [-0.05, 0) is 26.8 Å². The van der Waals surface area contributed by atoms with Crippen molar-refractivity contribution in [3.8, 4) is 0 Å². The van der Waals surface area contributed by atoms with Crippen LogP contribution in [-0.2, 0) is 10.3 Å². The number of nitrogens with zero attached hydrogens (tertiary/aromatic N) is 2. The van der Waals surface area contributed by atoms with Gasteiger partial charge in [-0.15, -0.1) is 0 Å². The molecule has 1 rings (SSSR count). The highest BCUT2D eigenvalue weighted by Gasteiger charge is 2.31. The Labute approximate surface area is 102 Å². The van der Waals surface area contributed by atoms with Crippen molar-refractivity contribution in [2.45, 2.75) is 39.2 Å². The van der Waals surface area contributed by atoms with E-state index in [4.69, 9.17) is 5.73 Å². The topological polar surface area (TPSA) is 80.9 Å². The average Bonchev–Trinajstić information content (AvgIpc) is 2.26. The molecule has 0 bridgehead atoms. The first-order valence-corrected chi connectivity index (χ1v) is 5.81. The first-order valence-electron chi connectivity index (χ1n) is 5.81. The largest absolute Gasteiger partial charge is 0.370 e. The van der Waals surface area contributed by atoms with E-state index in [0.29, 0.717) is 0 Å². The second-order valence-corrected chi connectivity index (χ2v) is 4.39. The zero-order chi connectivity index (χ0) is 12.9. The first-order chi connectivity index (χ1) is 7.99. The van der Waals surface area contributed by atoms with Gasteiger partial charge in [0.05, 0.1) is 23.3 Å². The summed E-state index contributed by atoms with van der Waals surface area (Å²) in [4.78, 5) is 19.7. The summed E-state index contributed by atoms with van der Waals surface area (Å²) in [6, 6.07) is 0. The maximum absolute atomic E-state index is 11.2. The van der Waals surface area contributed by atoms with Gasteiger partial charge in [-0.25, -0.2) is 0 Å². The van der Waals surface area contributed by atoms with Crippen LogP contribution in [-0.4, -0.2) is 22.4 Å². The zero-order valence-corrected chi connectivity index (χ0v) is 10.7. The summed E-state index contributed by atoms with van der Waals surface area (Å²) in [6.45, 7) is 6.70. The Morgan fingerprint density at radius 1 is 1.47 bits per heavy atom. The fourth-order valence-electron chi connectivity index (χ4n) is 1.93. The molecule has 1 amide bonds. The van der Waals surface area contributed by atoms with Crippen LogP contribution in [0.25, 0.3) is 0 Å². The molecule has 0 aliphatic carbocycles. The van der Waals surface area contributed by atoms with E-state index in [-0.39, 0.29) is 12.3 Å². The lowest BCUT2D eigenvalue weighted by Crippen LogP contribution is -2.44. The van der Waals surface area contributed by atoms with E-state index in [2.05, 4.69) is 22.2 Å². The van der Waals surface area contributed by atoms with E-state index in [1.54, 1.807) is 12.4 Å². The number of hydrogen-bond donors (Lipinski definition) is 2. The fraction of sp³-hybridized carbons (Fsp3) is 0.583. The van der Waals surface area contributed by atoms with Crippen LogP contribution in [0.15, 0.2) is 12.4 Å². The molecule has 17 heavy (non-hydrogen) atoms. The molecular formula is C12H20N4O. The van der Waals surface area contributed by atoms with Crippen LogP contribution in [0.2, 0.25) is 0 Å². The molecule has 1 heterocycles. The van der Waals surface area contributed by atoms with Gasteiger partial charge < -0.3 is 11.1 Å². The minimum atomic E-state index is -0.541. The summed E-state index contributed by atoms with van der Waals surface area (Å²) in [5.74, 6) is -0.346. The lowest BCUT2D eigenvalue weighted by Gasteiger charge is -2.30. The van der Waals surface area contributed by atoms with Crippen LogP contribution in [0.3, 0.4) is 0 Å². The van der Waals surface area contributed by atoms with Gasteiger partial charge in [-0.1, -0.05) is 6.92 Å². The summed E-state index contributed by atoms with van der Waals surface area (Å²) in [5, 5.41) is 3.33. The highest BCUT2D eigenvalue weighted by atomic mass is 16.1. The lowest BCUT2D eigenvalue weighted by atomic mass is 9.91. The van der Waals surface area contributed by atoms with Crippen molar-refractivity contribution in [3.63, 3.8) is 0 Å². The predicted molar refractivity (Wildman–Crippen MR) is 66.2 cm³/mol. The Balaban J connectivity index is 3.04. The number of hydrogen-bond acceptors (Lipinski definition) is 4. The number of nitrogens with two attached hydrogens (primary N) is 1. The van der Waals surface area contributed by atoms with Crippen LogP contribution in [0.1, 0.15) is 38.1 Å². The van der Waals surface area contributed by atoms with Crippen molar-refractivity contribution in [2.75, 3.05) is 6.54 Å². The maximum Gasteiger partial charge on any atom is 0.219 e. The van der Waals surface area contributed by atoms with E-state index in [1.165, 1.54) is 0 Å². The van der Waals surface area contributed by atoms with Gasteiger partial charge in [0, 0.05) is 12.4 Å². The van der Waals surface area contributed by atoms with Gasteiger partial charge in [0.1, 0.15) is 0 Å². The molecule has 5 heteroatoms. The standard InChI is InChI=1S/C12H20N4O/c1-4-5-16-12(3,8-10(13)17)11-9(2)14-6-7-15-11/h6-7,16H,4-5,8H2,1-3H3,(H2,13,17). The van der Waals surface area contributed by atoms with E-state index >= 15 is 0 Å². The van der Waals surface area contributed by atoms with Crippen LogP contribution in [0, 0.1) is 6.92 Å². The van der Waals surface area contributed by atoms with Crippen molar-refractivity contribution in [2.24, 2.45) is 5.73 Å². The molecule has 0 aliphatic rings. The zero-order valence-electron chi connectivity index (χ0n) is 10.7. The molecule has 3 N–H and O–H groups in total. The minimum absolute atomic E-state index is 0.215. The number of primary amides is 1. The Morgan fingerprint density at radius 2 is 2.12 bits per heavy atom. The highest BCUT2D eigenvalue weighted by molar-refractivity contribution is 5.75. The summed E-state index contributed by atoms with van der Waals surface area (Å²) >= 11 is 0. The Kier molecular flexibility index (Phi) is 4.57. The third-order valence-electron chi connectivity index (χ3n) is 2.70. The second kappa shape index (κ2) is 5.72. The van der Waals surface area contributed by atoms with Crippen molar-refractivity contribution in [1.29, 1.82) is 0 Å². The number of amides is 1. The van der Waals surface area contributed by atoms with Crippen LogP contribution in [0.5, 0.6) is 0 Å². The molecule has 0 aliphatic heterocycles. The van der Waals surface area contributed by atoms with Crippen LogP contribution >= 0.6 is 0 Å². The van der Waals surface area contributed by atoms with Gasteiger partial charge in [0.15, 0.2) is 0 Å². The molecule has 0 saturated heterocycles. The molecule has 1 atom stereocenters. The van der Waals surface area contributed by atoms with Crippen molar-refractivity contribution in [1.82, 2.24) is 15.3 Å². The van der Waals surface area contributed by atoms with Crippen molar-refractivity contribution >= 4 is 5.91 Å². The number of aryl methyl sites for hydroxylation is 1. The molecule has 0 radical (unpaired) electrons. The molecule has 0 fully saturated rings. The van der Waals surface area contributed by atoms with Crippen LogP contribution < -0.4 is 11.1 Å². The molecule has 0 saturated carbocycles. The molecule has 0 aromatic carbocycles. The second-order valence-electron chi connectivity index (χ2n) is 4.39. The van der Waals surface area contributed by atoms with Gasteiger partial charge in [-0.3, -0.25) is 14.8 Å². The lowest BCUT2D eigenvalue weighted by molar-refractivity contribution is -0.119. The van der Waals surface area contributed by atoms with E-state index in [9.17, 15) is 4.79 Å². The Hall–Kier alpha value is -1.49. The summed E-state index contributed by atoms with van der Waals surface area (Å²) < 4.78 is 0. The summed E-state index contributed by atoms with van der Waals surface area (Å²) in [6.07, 6.45) is 4.47. The molecule has 5 nitrogen and oxygen atoms in total. The highest BCUT2D eigenvalue weighted by Crippen LogP contribution is 2.24.